The molecule has 2 saturated carbocycles. The first-order valence-corrected chi connectivity index (χ1v) is 5.14. The Morgan fingerprint density at radius 1 is 1.23 bits per heavy atom. The van der Waals surface area contributed by atoms with Crippen LogP contribution in [0.4, 0.5) is 0 Å². The summed E-state index contributed by atoms with van der Waals surface area (Å²) in [6, 6.07) is 0. The molecule has 0 heterocycles. The van der Waals surface area contributed by atoms with Crippen molar-refractivity contribution in [2.45, 2.75) is 44.1 Å². The molecule has 0 aromatic carbocycles. The van der Waals surface area contributed by atoms with Gasteiger partial charge in [0.25, 0.3) is 0 Å². The highest BCUT2D eigenvalue weighted by atomic mass is 16.4. The van der Waals surface area contributed by atoms with Crippen LogP contribution in [0, 0.1) is 11.8 Å². The van der Waals surface area contributed by atoms with Gasteiger partial charge in [0.15, 0.2) is 0 Å². The normalized spacial score (nSPS) is 44.4. The van der Waals surface area contributed by atoms with Crippen molar-refractivity contribution in [1.82, 2.24) is 0 Å². The molecule has 0 aromatic rings. The largest absolute Gasteiger partial charge is 0.480 e. The number of hydrogen-bond acceptors (Lipinski definition) is 2. The molecule has 2 atom stereocenters. The second-order valence-electron chi connectivity index (χ2n) is 4.67. The number of hydrogen-bond donors (Lipinski definition) is 2. The number of carboxylic acid groups (broad SMARTS) is 1. The molecule has 0 amide bonds. The van der Waals surface area contributed by atoms with Gasteiger partial charge in [-0.05, 0) is 24.7 Å². The van der Waals surface area contributed by atoms with Crippen LogP contribution < -0.4 is 5.73 Å². The topological polar surface area (TPSA) is 63.3 Å². The predicted molar refractivity (Wildman–Crippen MR) is 49.2 cm³/mol. The molecule has 74 valence electrons. The molecule has 2 fully saturated rings. The van der Waals surface area contributed by atoms with E-state index in [-0.39, 0.29) is 0 Å². The molecule has 0 radical (unpaired) electrons. The molecule has 3 nitrogen and oxygen atoms in total. The first-order chi connectivity index (χ1) is 6.12. The zero-order valence-electron chi connectivity index (χ0n) is 7.83. The molecule has 2 unspecified atom stereocenters. The van der Waals surface area contributed by atoms with Crippen molar-refractivity contribution in [3.05, 3.63) is 0 Å². The maximum absolute atomic E-state index is 10.9. The molecule has 0 saturated heterocycles. The van der Waals surface area contributed by atoms with E-state index in [9.17, 15) is 4.79 Å². The van der Waals surface area contributed by atoms with E-state index >= 15 is 0 Å². The van der Waals surface area contributed by atoms with Crippen molar-refractivity contribution in [2.75, 3.05) is 0 Å². The van der Waals surface area contributed by atoms with Crippen LogP contribution in [0.2, 0.25) is 0 Å². The van der Waals surface area contributed by atoms with Gasteiger partial charge in [-0.1, -0.05) is 25.7 Å². The van der Waals surface area contributed by atoms with Gasteiger partial charge >= 0.3 is 5.97 Å². The van der Waals surface area contributed by atoms with Gasteiger partial charge < -0.3 is 10.8 Å². The fourth-order valence-corrected chi connectivity index (χ4v) is 3.02. The lowest BCUT2D eigenvalue weighted by molar-refractivity contribution is -0.143. The fraction of sp³-hybridized carbons (Fsp3) is 0.900. The third kappa shape index (κ3) is 1.46. The van der Waals surface area contributed by atoms with Gasteiger partial charge in [-0.3, -0.25) is 4.79 Å². The van der Waals surface area contributed by atoms with E-state index in [1.807, 2.05) is 0 Å². The summed E-state index contributed by atoms with van der Waals surface area (Å²) in [5.41, 5.74) is 4.96. The summed E-state index contributed by atoms with van der Waals surface area (Å²) in [5.74, 6) is 0.381. The number of rotatable bonds is 1. The molecule has 3 heteroatoms. The standard InChI is InChI=1S/C10H17NO2/c11-10(9(12)13)5-7-3-1-2-4-8(7)6-10/h7-8H,1-6,11H2,(H,12,13). The lowest BCUT2D eigenvalue weighted by Crippen LogP contribution is -2.45. The van der Waals surface area contributed by atoms with E-state index in [1.165, 1.54) is 25.7 Å². The van der Waals surface area contributed by atoms with Crippen LogP contribution in [-0.4, -0.2) is 16.6 Å². The minimum Gasteiger partial charge on any atom is -0.480 e. The van der Waals surface area contributed by atoms with Crippen LogP contribution in [-0.2, 0) is 4.79 Å². The molecular weight excluding hydrogens is 166 g/mol. The zero-order chi connectivity index (χ0) is 9.47. The van der Waals surface area contributed by atoms with Crippen molar-refractivity contribution < 1.29 is 9.90 Å². The van der Waals surface area contributed by atoms with Crippen molar-refractivity contribution in [3.63, 3.8) is 0 Å². The molecule has 2 aliphatic carbocycles. The Morgan fingerprint density at radius 2 is 1.69 bits per heavy atom. The molecule has 2 aliphatic rings. The van der Waals surface area contributed by atoms with Crippen LogP contribution in [0.5, 0.6) is 0 Å². The summed E-state index contributed by atoms with van der Waals surface area (Å²) in [6.07, 6.45) is 6.31. The van der Waals surface area contributed by atoms with Crippen molar-refractivity contribution in [2.24, 2.45) is 17.6 Å². The van der Waals surface area contributed by atoms with Gasteiger partial charge in [-0.25, -0.2) is 0 Å². The van der Waals surface area contributed by atoms with E-state index in [4.69, 9.17) is 10.8 Å². The summed E-state index contributed by atoms with van der Waals surface area (Å²) >= 11 is 0. The van der Waals surface area contributed by atoms with Crippen molar-refractivity contribution in [3.8, 4) is 0 Å². The molecule has 2 rings (SSSR count). The molecule has 0 aliphatic heterocycles. The lowest BCUT2D eigenvalue weighted by atomic mass is 9.82. The Kier molecular flexibility index (Phi) is 2.06. The molecule has 3 N–H and O–H groups in total. The Balaban J connectivity index is 2.10. The number of carbonyl (C=O) groups is 1. The number of nitrogens with two attached hydrogens (primary N) is 1. The van der Waals surface area contributed by atoms with Crippen molar-refractivity contribution in [1.29, 1.82) is 0 Å². The van der Waals surface area contributed by atoms with Crippen LogP contribution >= 0.6 is 0 Å². The third-order valence-electron chi connectivity index (χ3n) is 3.75. The fourth-order valence-electron chi connectivity index (χ4n) is 3.02. The summed E-state index contributed by atoms with van der Waals surface area (Å²) in [4.78, 5) is 10.9. The average molecular weight is 183 g/mol. The summed E-state index contributed by atoms with van der Waals surface area (Å²) < 4.78 is 0. The maximum atomic E-state index is 10.9. The van der Waals surface area contributed by atoms with Crippen LogP contribution in [0.1, 0.15) is 38.5 Å². The van der Waals surface area contributed by atoms with Crippen LogP contribution in [0.25, 0.3) is 0 Å². The van der Waals surface area contributed by atoms with E-state index in [1.54, 1.807) is 0 Å². The second kappa shape index (κ2) is 2.98. The lowest BCUT2D eigenvalue weighted by Gasteiger charge is -2.23. The zero-order valence-corrected chi connectivity index (χ0v) is 7.83. The minimum absolute atomic E-state index is 0.592. The first-order valence-electron chi connectivity index (χ1n) is 5.14. The third-order valence-corrected chi connectivity index (χ3v) is 3.75. The highest BCUT2D eigenvalue weighted by Crippen LogP contribution is 2.46. The molecular formula is C10H17NO2. The van der Waals surface area contributed by atoms with Gasteiger partial charge in [-0.2, -0.15) is 0 Å². The van der Waals surface area contributed by atoms with Crippen LogP contribution in [0.3, 0.4) is 0 Å². The SMILES string of the molecule is NC1(C(=O)O)CC2CCCCC2C1. The van der Waals surface area contributed by atoms with E-state index in [0.29, 0.717) is 24.7 Å². The van der Waals surface area contributed by atoms with E-state index < -0.39 is 11.5 Å². The van der Waals surface area contributed by atoms with Gasteiger partial charge in [0.05, 0.1) is 0 Å². The molecule has 0 spiro atoms. The molecule has 0 bridgehead atoms. The number of aliphatic carboxylic acids is 1. The first kappa shape index (κ1) is 9.00. The predicted octanol–water partition coefficient (Wildman–Crippen LogP) is 1.37. The highest BCUT2D eigenvalue weighted by molar-refractivity contribution is 5.79. The Labute approximate surface area is 78.3 Å². The summed E-state index contributed by atoms with van der Waals surface area (Å²) in [5, 5.41) is 8.99. The van der Waals surface area contributed by atoms with E-state index in [0.717, 1.165) is 0 Å². The Bertz CT molecular complexity index is 213. The molecule has 0 aromatic heterocycles. The minimum atomic E-state index is -0.903. The average Bonchev–Trinajstić information content (AvgIpc) is 2.42. The van der Waals surface area contributed by atoms with Gasteiger partial charge in [0, 0.05) is 0 Å². The van der Waals surface area contributed by atoms with Gasteiger partial charge in [0.1, 0.15) is 5.54 Å². The summed E-state index contributed by atoms with van der Waals surface area (Å²) in [6.45, 7) is 0. The number of fused-ring (bicyclic) bond motifs is 1. The highest BCUT2D eigenvalue weighted by Gasteiger charge is 2.47. The smallest absolute Gasteiger partial charge is 0.323 e. The van der Waals surface area contributed by atoms with Crippen molar-refractivity contribution >= 4 is 5.97 Å². The van der Waals surface area contributed by atoms with Gasteiger partial charge in [0.2, 0.25) is 0 Å². The summed E-state index contributed by atoms with van der Waals surface area (Å²) in [7, 11) is 0. The second-order valence-corrected chi connectivity index (χ2v) is 4.67. The van der Waals surface area contributed by atoms with Gasteiger partial charge in [-0.15, -0.1) is 0 Å². The van der Waals surface area contributed by atoms with Crippen LogP contribution in [0.15, 0.2) is 0 Å². The molecule has 13 heavy (non-hydrogen) atoms. The maximum Gasteiger partial charge on any atom is 0.323 e. The Morgan fingerprint density at radius 3 is 2.08 bits per heavy atom. The Hall–Kier alpha value is -0.570. The quantitative estimate of drug-likeness (QED) is 0.645. The van der Waals surface area contributed by atoms with E-state index in [2.05, 4.69) is 0 Å². The number of carboxylic acids is 1. The monoisotopic (exact) mass is 183 g/mol.